The third-order valence-corrected chi connectivity index (χ3v) is 6.49. The Bertz CT molecular complexity index is 934. The van der Waals surface area contributed by atoms with Crippen LogP contribution in [0.5, 0.6) is 0 Å². The third kappa shape index (κ3) is 5.53. The van der Waals surface area contributed by atoms with Crippen molar-refractivity contribution in [1.29, 1.82) is 0 Å². The van der Waals surface area contributed by atoms with Crippen molar-refractivity contribution in [3.05, 3.63) is 71.3 Å². The van der Waals surface area contributed by atoms with Gasteiger partial charge in [0.25, 0.3) is 0 Å². The van der Waals surface area contributed by atoms with E-state index in [9.17, 15) is 18.4 Å². The number of nitrogens with zero attached hydrogens (tertiary/aromatic N) is 1. The van der Waals surface area contributed by atoms with E-state index in [4.69, 9.17) is 4.74 Å². The van der Waals surface area contributed by atoms with Crippen LogP contribution < -0.4 is 22.3 Å². The van der Waals surface area contributed by atoms with E-state index >= 15 is 0 Å². The molecule has 2 aromatic rings. The van der Waals surface area contributed by atoms with Crippen LogP contribution in [-0.2, 0) is 9.53 Å². The first-order valence-electron chi connectivity index (χ1n) is 10.7. The summed E-state index contributed by atoms with van der Waals surface area (Å²) in [5.41, 5.74) is 0.851. The number of hydrogen-bond acceptors (Lipinski definition) is 3. The lowest BCUT2D eigenvalue weighted by molar-refractivity contribution is -0.936. The maximum atomic E-state index is 13.8. The van der Waals surface area contributed by atoms with Crippen LogP contribution in [0.4, 0.5) is 13.6 Å². The van der Waals surface area contributed by atoms with E-state index < -0.39 is 23.8 Å². The summed E-state index contributed by atoms with van der Waals surface area (Å²) in [6.45, 7) is 4.69. The van der Waals surface area contributed by atoms with Crippen molar-refractivity contribution >= 4 is 11.9 Å². The Morgan fingerprint density at radius 3 is 2.12 bits per heavy atom. The molecule has 3 fully saturated rings. The van der Waals surface area contributed by atoms with Gasteiger partial charge in [0.2, 0.25) is 0 Å². The van der Waals surface area contributed by atoms with Gasteiger partial charge in [0.15, 0.2) is 11.9 Å². The van der Waals surface area contributed by atoms with Crippen LogP contribution in [0.3, 0.4) is 0 Å². The lowest BCUT2D eigenvalue weighted by atomic mass is 9.81. The zero-order valence-corrected chi connectivity index (χ0v) is 19.5. The molecule has 0 saturated carbocycles. The predicted octanol–water partition coefficient (Wildman–Crippen LogP) is 0.982. The van der Waals surface area contributed by atoms with E-state index in [2.05, 4.69) is 5.32 Å². The Labute approximate surface area is 197 Å². The fourth-order valence-corrected chi connectivity index (χ4v) is 5.11. The van der Waals surface area contributed by atoms with Crippen LogP contribution >= 0.6 is 0 Å². The SMILES string of the molecule is CC(=O)C[N+]12CCC(CC1)[C@@H](NC(=O)OC(c1cccc(F)c1)c1cccc(F)c1)C2.[Br-]. The van der Waals surface area contributed by atoms with Gasteiger partial charge in [0.05, 0.1) is 25.7 Å². The quantitative estimate of drug-likeness (QED) is 0.592. The van der Waals surface area contributed by atoms with Gasteiger partial charge in [-0.1, -0.05) is 24.3 Å². The maximum Gasteiger partial charge on any atom is 0.408 e. The van der Waals surface area contributed by atoms with E-state index in [0.29, 0.717) is 34.6 Å². The summed E-state index contributed by atoms with van der Waals surface area (Å²) in [6.07, 6.45) is 0.344. The van der Waals surface area contributed by atoms with Crippen molar-refractivity contribution < 1.29 is 44.6 Å². The number of ether oxygens (including phenoxy) is 1. The second-order valence-electron chi connectivity index (χ2n) is 8.82. The van der Waals surface area contributed by atoms with Gasteiger partial charge in [-0.05, 0) is 41.3 Å². The lowest BCUT2D eigenvalue weighted by Gasteiger charge is -2.52. The summed E-state index contributed by atoms with van der Waals surface area (Å²) >= 11 is 0. The Balaban J connectivity index is 0.00000289. The molecule has 0 radical (unpaired) electrons. The van der Waals surface area contributed by atoms with Crippen molar-refractivity contribution in [2.24, 2.45) is 5.92 Å². The van der Waals surface area contributed by atoms with Crippen molar-refractivity contribution in [1.82, 2.24) is 5.32 Å². The highest BCUT2D eigenvalue weighted by molar-refractivity contribution is 5.76. The zero-order valence-electron chi connectivity index (χ0n) is 17.9. The minimum atomic E-state index is -0.937. The number of benzene rings is 2. The van der Waals surface area contributed by atoms with Gasteiger partial charge >= 0.3 is 6.09 Å². The molecule has 0 spiro atoms. The van der Waals surface area contributed by atoms with Crippen molar-refractivity contribution in [2.45, 2.75) is 31.9 Å². The van der Waals surface area contributed by atoms with Crippen LogP contribution in [0.2, 0.25) is 0 Å². The first-order chi connectivity index (χ1) is 14.8. The van der Waals surface area contributed by atoms with E-state index in [-0.39, 0.29) is 28.8 Å². The molecule has 0 unspecified atom stereocenters. The molecule has 0 aromatic heterocycles. The molecule has 1 atom stereocenters. The molecular formula is C24H27BrF2N2O3. The Morgan fingerprint density at radius 1 is 1.06 bits per heavy atom. The number of halogens is 3. The highest BCUT2D eigenvalue weighted by Gasteiger charge is 2.47. The van der Waals surface area contributed by atoms with Gasteiger partial charge in [-0.2, -0.15) is 0 Å². The number of Topliss-reactive ketones (excluding diaryl/α,β-unsaturated/α-hetero) is 1. The van der Waals surface area contributed by atoms with Gasteiger partial charge in [-0.15, -0.1) is 0 Å². The summed E-state index contributed by atoms with van der Waals surface area (Å²) in [6, 6.07) is 11.4. The molecule has 32 heavy (non-hydrogen) atoms. The summed E-state index contributed by atoms with van der Waals surface area (Å²) in [7, 11) is 0. The van der Waals surface area contributed by atoms with Gasteiger partial charge in [-0.25, -0.2) is 13.6 Å². The first kappa shape index (κ1) is 24.3. The molecule has 5 rings (SSSR count). The largest absolute Gasteiger partial charge is 1.00 e. The number of ketones is 1. The van der Waals surface area contributed by atoms with Crippen molar-refractivity contribution in [2.75, 3.05) is 26.2 Å². The van der Waals surface area contributed by atoms with E-state index in [1.54, 1.807) is 19.1 Å². The van der Waals surface area contributed by atoms with Crippen LogP contribution in [-0.4, -0.2) is 48.6 Å². The average Bonchev–Trinajstić information content (AvgIpc) is 2.72. The molecule has 172 valence electrons. The molecule has 8 heteroatoms. The summed E-state index contributed by atoms with van der Waals surface area (Å²) in [5.74, 6) is -0.424. The number of piperidine rings is 3. The van der Waals surface area contributed by atoms with Crippen LogP contribution in [0.25, 0.3) is 0 Å². The highest BCUT2D eigenvalue weighted by atomic mass is 79.9. The van der Waals surface area contributed by atoms with Gasteiger partial charge in [0.1, 0.15) is 18.2 Å². The predicted molar refractivity (Wildman–Crippen MR) is 111 cm³/mol. The summed E-state index contributed by atoms with van der Waals surface area (Å²) < 4.78 is 34.0. The number of rotatable bonds is 6. The summed E-state index contributed by atoms with van der Waals surface area (Å²) in [5, 5.41) is 2.97. The second-order valence-corrected chi connectivity index (χ2v) is 8.82. The Morgan fingerprint density at radius 2 is 1.62 bits per heavy atom. The van der Waals surface area contributed by atoms with Gasteiger partial charge < -0.3 is 31.5 Å². The number of hydrogen-bond donors (Lipinski definition) is 1. The number of fused-ring (bicyclic) bond motifs is 3. The minimum absolute atomic E-state index is 0. The van der Waals surface area contributed by atoms with Crippen molar-refractivity contribution in [3.63, 3.8) is 0 Å². The monoisotopic (exact) mass is 508 g/mol. The van der Waals surface area contributed by atoms with Crippen LogP contribution in [0.15, 0.2) is 48.5 Å². The second kappa shape index (κ2) is 10.1. The Hall–Kier alpha value is -2.32. The highest BCUT2D eigenvalue weighted by Crippen LogP contribution is 2.34. The van der Waals surface area contributed by atoms with Gasteiger partial charge in [0, 0.05) is 19.8 Å². The fraction of sp³-hybridized carbons (Fsp3) is 0.417. The number of amides is 1. The molecule has 3 heterocycles. The molecule has 0 aliphatic carbocycles. The fourth-order valence-electron chi connectivity index (χ4n) is 5.11. The standard InChI is InChI=1S/C24H26F2N2O3.BrH/c1-16(29)14-28-10-8-17(9-11-28)22(15-28)27-24(30)31-23(18-4-2-6-20(25)12-18)19-5-3-7-21(26)13-19;/h2-7,12-13,17,22-23H,8-11,14-15H2,1H3;1H/t17?,22-,28?;/m0./s1. The molecular weight excluding hydrogens is 482 g/mol. The van der Waals surface area contributed by atoms with E-state index in [1.165, 1.54) is 36.4 Å². The molecule has 2 aromatic carbocycles. The molecule has 1 N–H and O–H groups in total. The maximum absolute atomic E-state index is 13.8. The third-order valence-electron chi connectivity index (χ3n) is 6.49. The smallest absolute Gasteiger partial charge is 0.408 e. The molecule has 3 aliphatic rings. The minimum Gasteiger partial charge on any atom is -1.00 e. The number of quaternary nitrogens is 1. The van der Waals surface area contributed by atoms with E-state index in [0.717, 1.165) is 25.9 Å². The van der Waals surface area contributed by atoms with Crippen molar-refractivity contribution in [3.8, 4) is 0 Å². The molecule has 1 amide bonds. The average molecular weight is 509 g/mol. The number of nitrogens with one attached hydrogen (secondary N) is 1. The topological polar surface area (TPSA) is 55.4 Å². The van der Waals surface area contributed by atoms with E-state index in [1.807, 2.05) is 0 Å². The molecule has 2 bridgehead atoms. The van der Waals surface area contributed by atoms with Crippen LogP contribution in [0.1, 0.15) is 37.0 Å². The summed E-state index contributed by atoms with van der Waals surface area (Å²) in [4.78, 5) is 24.6. The Kier molecular flexibility index (Phi) is 7.67. The first-order valence-corrected chi connectivity index (χ1v) is 10.7. The number of alkyl carbamates (subject to hydrolysis) is 1. The lowest BCUT2D eigenvalue weighted by Crippen LogP contribution is -3.00. The molecule has 3 aliphatic heterocycles. The van der Waals surface area contributed by atoms with Crippen LogP contribution in [0, 0.1) is 17.6 Å². The molecule has 3 saturated heterocycles. The number of carbonyl (C=O) groups excluding carboxylic acids is 2. The van der Waals surface area contributed by atoms with Gasteiger partial charge in [-0.3, -0.25) is 4.79 Å². The number of carbonyl (C=O) groups is 2. The zero-order chi connectivity index (χ0) is 22.0. The molecule has 5 nitrogen and oxygen atoms in total. The normalized spacial score (nSPS) is 24.0.